The van der Waals surface area contributed by atoms with Gasteiger partial charge in [0, 0.05) is 29.4 Å². The van der Waals surface area contributed by atoms with Crippen molar-refractivity contribution in [3.8, 4) is 0 Å². The molecule has 0 saturated carbocycles. The number of hydrogen-bond acceptors (Lipinski definition) is 3. The lowest BCUT2D eigenvalue weighted by Gasteiger charge is -2.18. The Hall–Kier alpha value is -2.07. The Morgan fingerprint density at radius 3 is 1.16 bits per heavy atom. The average Bonchev–Trinajstić information content (AvgIpc) is 2.76. The van der Waals surface area contributed by atoms with E-state index in [9.17, 15) is 0 Å². The van der Waals surface area contributed by atoms with E-state index >= 15 is 0 Å². The van der Waals surface area contributed by atoms with Gasteiger partial charge in [0.05, 0.1) is 0 Å². The van der Waals surface area contributed by atoms with Gasteiger partial charge in [0.1, 0.15) is 0 Å². The summed E-state index contributed by atoms with van der Waals surface area (Å²) in [7, 11) is 0. The molecule has 31 heavy (non-hydrogen) atoms. The fourth-order valence-corrected chi connectivity index (χ4v) is 6.35. The van der Waals surface area contributed by atoms with E-state index in [2.05, 4.69) is 113 Å². The van der Waals surface area contributed by atoms with Crippen LogP contribution in [0.1, 0.15) is 22.3 Å². The Labute approximate surface area is 198 Å². The molecule has 0 nitrogen and oxygen atoms in total. The minimum atomic E-state index is 1.30. The van der Waals surface area contributed by atoms with Gasteiger partial charge >= 0.3 is 0 Å². The maximum absolute atomic E-state index is 2.27. The monoisotopic (exact) mass is 458 g/mol. The Bertz CT molecular complexity index is 1080. The zero-order valence-corrected chi connectivity index (χ0v) is 20.8. The van der Waals surface area contributed by atoms with Gasteiger partial charge in [-0.3, -0.25) is 0 Å². The molecule has 0 spiro atoms. The largest absolute Gasteiger partial charge is 0.0901 e. The lowest BCUT2D eigenvalue weighted by molar-refractivity contribution is 1.13. The minimum Gasteiger partial charge on any atom is -0.0901 e. The zero-order valence-electron chi connectivity index (χ0n) is 18.3. The van der Waals surface area contributed by atoms with Gasteiger partial charge in [0.2, 0.25) is 0 Å². The van der Waals surface area contributed by atoms with Gasteiger partial charge in [0.25, 0.3) is 0 Å². The molecule has 0 fully saturated rings. The number of aryl methyl sites for hydroxylation is 4. The van der Waals surface area contributed by atoms with Crippen molar-refractivity contribution in [2.75, 3.05) is 0 Å². The molecule has 5 rings (SSSR count). The van der Waals surface area contributed by atoms with Crippen LogP contribution in [-0.4, -0.2) is 0 Å². The molecular formula is C28H26S3. The third kappa shape index (κ3) is 6.00. The van der Waals surface area contributed by atoms with Gasteiger partial charge in [-0.25, -0.2) is 0 Å². The van der Waals surface area contributed by atoms with Gasteiger partial charge in [-0.2, -0.15) is 0 Å². The molecule has 1 heterocycles. The fraction of sp³-hybridized carbons (Fsp3) is 0.143. The molecule has 156 valence electrons. The smallest absolute Gasteiger partial charge is 0.0265 e. The van der Waals surface area contributed by atoms with Crippen LogP contribution < -0.4 is 0 Å². The zero-order chi connectivity index (χ0) is 21.8. The molecule has 0 amide bonds. The van der Waals surface area contributed by atoms with Crippen LogP contribution in [0, 0.1) is 27.7 Å². The van der Waals surface area contributed by atoms with Gasteiger partial charge in [0.15, 0.2) is 0 Å². The van der Waals surface area contributed by atoms with E-state index in [4.69, 9.17) is 0 Å². The Kier molecular flexibility index (Phi) is 7.16. The summed E-state index contributed by atoms with van der Waals surface area (Å²) in [6.07, 6.45) is 0. The van der Waals surface area contributed by atoms with Gasteiger partial charge in [-0.05, 0) is 87.4 Å². The van der Waals surface area contributed by atoms with Crippen LogP contribution in [0.5, 0.6) is 0 Å². The van der Waals surface area contributed by atoms with Crippen LogP contribution in [-0.2, 0) is 0 Å². The summed E-state index contributed by atoms with van der Waals surface area (Å²) in [6.45, 7) is 8.52. The molecule has 3 heteroatoms. The van der Waals surface area contributed by atoms with Crippen LogP contribution in [0.25, 0.3) is 0 Å². The van der Waals surface area contributed by atoms with E-state index in [1.165, 1.54) is 51.6 Å². The normalized spacial score (nSPS) is 11.7. The summed E-state index contributed by atoms with van der Waals surface area (Å²) in [5.74, 6) is 0. The topological polar surface area (TPSA) is 0 Å². The minimum absolute atomic E-state index is 1.30. The predicted molar refractivity (Wildman–Crippen MR) is 137 cm³/mol. The summed E-state index contributed by atoms with van der Waals surface area (Å²) in [5, 5.41) is 0. The van der Waals surface area contributed by atoms with E-state index in [0.717, 1.165) is 0 Å². The number of fused-ring (bicyclic) bond motifs is 2. The molecule has 0 aromatic heterocycles. The van der Waals surface area contributed by atoms with Crippen molar-refractivity contribution in [2.45, 2.75) is 57.1 Å². The fourth-order valence-electron chi connectivity index (χ4n) is 3.14. The van der Waals surface area contributed by atoms with Crippen LogP contribution >= 0.6 is 35.3 Å². The van der Waals surface area contributed by atoms with Crippen molar-refractivity contribution >= 4 is 35.3 Å². The third-order valence-electron chi connectivity index (χ3n) is 4.92. The van der Waals surface area contributed by atoms with Crippen LogP contribution in [0.2, 0.25) is 0 Å². The van der Waals surface area contributed by atoms with Crippen LogP contribution in [0.4, 0.5) is 0 Å². The van der Waals surface area contributed by atoms with Gasteiger partial charge in [-0.15, -0.1) is 0 Å². The highest BCUT2D eigenvalue weighted by atomic mass is 32.2. The van der Waals surface area contributed by atoms with E-state index in [1.54, 1.807) is 11.8 Å². The average molecular weight is 459 g/mol. The number of benzene rings is 4. The summed E-state index contributed by atoms with van der Waals surface area (Å²) < 4.78 is 0. The summed E-state index contributed by atoms with van der Waals surface area (Å²) in [6, 6.07) is 30.6. The number of hydrogen-bond donors (Lipinski definition) is 0. The molecule has 1 aliphatic rings. The second-order valence-corrected chi connectivity index (χ2v) is 11.1. The van der Waals surface area contributed by atoms with E-state index in [0.29, 0.717) is 0 Å². The van der Waals surface area contributed by atoms with Gasteiger partial charge in [-0.1, -0.05) is 82.8 Å². The van der Waals surface area contributed by atoms with Gasteiger partial charge < -0.3 is 0 Å². The highest BCUT2D eigenvalue weighted by Crippen LogP contribution is 2.48. The molecule has 0 bridgehead atoms. The highest BCUT2D eigenvalue weighted by molar-refractivity contribution is 8.05. The first kappa shape index (κ1) is 22.1. The van der Waals surface area contributed by atoms with Crippen molar-refractivity contribution in [3.63, 3.8) is 0 Å². The molecule has 1 aliphatic heterocycles. The van der Waals surface area contributed by atoms with E-state index in [-0.39, 0.29) is 0 Å². The molecule has 0 aliphatic carbocycles. The summed E-state index contributed by atoms with van der Waals surface area (Å²) in [4.78, 5) is 8.14. The first-order valence-corrected chi connectivity index (χ1v) is 12.8. The number of rotatable bonds is 2. The SMILES string of the molecule is Cc1ccc(Sc2ccc(C)cc2)cc1.Cc1ccc2c(c1)Sc1ccc(C)cc1S2. The predicted octanol–water partition coefficient (Wildman–Crippen LogP) is 9.37. The molecule has 0 saturated heterocycles. The quantitative estimate of drug-likeness (QED) is 0.258. The molecule has 0 N–H and O–H groups in total. The maximum atomic E-state index is 2.27. The third-order valence-corrected chi connectivity index (χ3v) is 8.46. The molecule has 4 aromatic rings. The van der Waals surface area contributed by atoms with E-state index < -0.39 is 0 Å². The second kappa shape index (κ2) is 10.0. The molecular weight excluding hydrogens is 433 g/mol. The first-order chi connectivity index (χ1) is 15.0. The second-order valence-electron chi connectivity index (χ2n) is 7.83. The van der Waals surface area contributed by atoms with Crippen molar-refractivity contribution in [3.05, 3.63) is 107 Å². The lowest BCUT2D eigenvalue weighted by atomic mass is 10.2. The summed E-state index contributed by atoms with van der Waals surface area (Å²) >= 11 is 5.57. The molecule has 0 atom stereocenters. The van der Waals surface area contributed by atoms with Crippen molar-refractivity contribution in [2.24, 2.45) is 0 Å². The highest BCUT2D eigenvalue weighted by Gasteiger charge is 2.16. The molecule has 4 aromatic carbocycles. The Balaban J connectivity index is 0.000000150. The van der Waals surface area contributed by atoms with Crippen molar-refractivity contribution in [1.29, 1.82) is 0 Å². The lowest BCUT2D eigenvalue weighted by Crippen LogP contribution is -1.90. The van der Waals surface area contributed by atoms with Crippen LogP contribution in [0.15, 0.2) is 114 Å². The van der Waals surface area contributed by atoms with Crippen molar-refractivity contribution in [1.82, 2.24) is 0 Å². The first-order valence-electron chi connectivity index (χ1n) is 10.3. The van der Waals surface area contributed by atoms with Crippen molar-refractivity contribution < 1.29 is 0 Å². The Morgan fingerprint density at radius 2 is 0.774 bits per heavy atom. The molecule has 0 unspecified atom stereocenters. The summed E-state index contributed by atoms with van der Waals surface area (Å²) in [5.41, 5.74) is 5.29. The van der Waals surface area contributed by atoms with Crippen LogP contribution in [0.3, 0.4) is 0 Å². The molecule has 0 radical (unpaired) electrons. The standard InChI is InChI=1S/C14H12S2.C14H14S/c1-9-3-5-11-13(7-9)15-12-6-4-10(2)8-14(12)16-11;1-11-3-7-13(8-4-11)15-14-9-5-12(2)6-10-14/h3-8H,1-2H3;3-10H,1-2H3. The maximum Gasteiger partial charge on any atom is 0.0265 e. The Morgan fingerprint density at radius 1 is 0.419 bits per heavy atom. The van der Waals surface area contributed by atoms with E-state index in [1.807, 2.05) is 23.5 Å².